The highest BCUT2D eigenvalue weighted by molar-refractivity contribution is 5.83. The molecule has 2 aromatic rings. The molecule has 1 atom stereocenters. The summed E-state index contributed by atoms with van der Waals surface area (Å²) >= 11 is 0. The number of carbonyl (C=O) groups excluding carboxylic acids is 1. The van der Waals surface area contributed by atoms with Gasteiger partial charge >= 0.3 is 17.7 Å². The van der Waals surface area contributed by atoms with Crippen LogP contribution in [0.2, 0.25) is 0 Å². The molecular weight excluding hydrogens is 371 g/mol. The predicted octanol–water partition coefficient (Wildman–Crippen LogP) is 3.10. The highest BCUT2D eigenvalue weighted by Gasteiger charge is 2.37. The molecule has 2 heterocycles. The number of rotatable bonds is 6. The Hall–Kier alpha value is -3.17. The third-order valence-corrected chi connectivity index (χ3v) is 3.52. The molecule has 0 aliphatic heterocycles. The summed E-state index contributed by atoms with van der Waals surface area (Å²) in [5.41, 5.74) is -1.28. The Balaban J connectivity index is 2.73. The number of ether oxygens (including phenoxy) is 2. The fourth-order valence-corrected chi connectivity index (χ4v) is 2.51. The number of esters is 1. The summed E-state index contributed by atoms with van der Waals surface area (Å²) in [5.74, 6) is -2.85. The first-order valence-corrected chi connectivity index (χ1v) is 8.53. The van der Waals surface area contributed by atoms with E-state index in [0.717, 1.165) is 12.3 Å². The monoisotopic (exact) mass is 392 g/mol. The van der Waals surface area contributed by atoms with Gasteiger partial charge in [-0.3, -0.25) is 14.9 Å². The minimum absolute atomic E-state index is 0.0297. The molecule has 0 radical (unpaired) electrons. The number of nitro groups is 1. The first-order chi connectivity index (χ1) is 13.0. The molecule has 0 bridgehead atoms. The second-order valence-corrected chi connectivity index (χ2v) is 6.90. The van der Waals surface area contributed by atoms with Gasteiger partial charge in [0.05, 0.1) is 11.5 Å². The Morgan fingerprint density at radius 2 is 2.00 bits per heavy atom. The van der Waals surface area contributed by atoms with Crippen LogP contribution in [0.5, 0.6) is 6.01 Å². The lowest BCUT2D eigenvalue weighted by Gasteiger charge is -2.24. The van der Waals surface area contributed by atoms with Crippen LogP contribution in [0.1, 0.15) is 50.6 Å². The first kappa shape index (κ1) is 21.1. The van der Waals surface area contributed by atoms with Gasteiger partial charge in [-0.05, 0) is 46.2 Å². The molecule has 1 unspecified atom stereocenters. The largest absolute Gasteiger partial charge is 0.464 e. The fraction of sp³-hybridized carbons (Fsp3) is 0.444. The molecule has 2 aromatic heterocycles. The Bertz CT molecular complexity index is 881. The summed E-state index contributed by atoms with van der Waals surface area (Å²) in [5, 5.41) is 11.7. The zero-order valence-electron chi connectivity index (χ0n) is 16.2. The topological polar surface area (TPSA) is 117 Å². The molecule has 10 heteroatoms. The van der Waals surface area contributed by atoms with Crippen molar-refractivity contribution in [1.82, 2.24) is 15.0 Å². The van der Waals surface area contributed by atoms with Gasteiger partial charge in [-0.1, -0.05) is 6.07 Å². The van der Waals surface area contributed by atoms with Gasteiger partial charge in [0.25, 0.3) is 0 Å². The SMILES string of the molecule is CCOc1nc(C)c([N+](=O)[O-])c(C(C(=O)OC(C)(C)C)c2ccc(F)nc2)n1. The summed E-state index contributed by atoms with van der Waals surface area (Å²) < 4.78 is 24.0. The number of halogens is 1. The molecular formula is C18H21FN4O5. The third-order valence-electron chi connectivity index (χ3n) is 3.52. The fourth-order valence-electron chi connectivity index (χ4n) is 2.51. The molecule has 0 aliphatic carbocycles. The number of pyridine rings is 1. The van der Waals surface area contributed by atoms with Crippen LogP contribution in [-0.2, 0) is 9.53 Å². The minimum Gasteiger partial charge on any atom is -0.464 e. The van der Waals surface area contributed by atoms with E-state index in [9.17, 15) is 19.3 Å². The Labute approximate surface area is 161 Å². The van der Waals surface area contributed by atoms with Crippen molar-refractivity contribution >= 4 is 11.7 Å². The maximum absolute atomic E-state index is 13.3. The van der Waals surface area contributed by atoms with Crippen molar-refractivity contribution in [2.45, 2.75) is 46.1 Å². The van der Waals surface area contributed by atoms with Crippen molar-refractivity contribution in [3.05, 3.63) is 51.3 Å². The Morgan fingerprint density at radius 3 is 2.50 bits per heavy atom. The van der Waals surface area contributed by atoms with Gasteiger partial charge in [0, 0.05) is 6.20 Å². The van der Waals surface area contributed by atoms with E-state index in [2.05, 4.69) is 15.0 Å². The second kappa shape index (κ2) is 8.24. The standard InChI is InChI=1S/C18H21FN4O5/c1-6-27-17-21-10(2)15(23(25)26)14(22-17)13(16(24)28-18(3,4)5)11-7-8-12(19)20-9-11/h7-9,13H,6H2,1-5H3. The quantitative estimate of drug-likeness (QED) is 0.318. The summed E-state index contributed by atoms with van der Waals surface area (Å²) in [4.78, 5) is 35.5. The number of nitrogens with zero attached hydrogens (tertiary/aromatic N) is 4. The minimum atomic E-state index is -1.31. The second-order valence-electron chi connectivity index (χ2n) is 6.90. The number of hydrogen-bond acceptors (Lipinski definition) is 8. The van der Waals surface area contributed by atoms with Crippen molar-refractivity contribution in [2.75, 3.05) is 6.61 Å². The van der Waals surface area contributed by atoms with Crippen molar-refractivity contribution < 1.29 is 23.6 Å². The molecule has 0 amide bonds. The third kappa shape index (κ3) is 4.96. The molecule has 9 nitrogen and oxygen atoms in total. The molecule has 2 rings (SSSR count). The van der Waals surface area contributed by atoms with Crippen LogP contribution in [0.3, 0.4) is 0 Å². The molecule has 0 N–H and O–H groups in total. The molecule has 0 saturated carbocycles. The molecule has 28 heavy (non-hydrogen) atoms. The molecule has 0 saturated heterocycles. The zero-order valence-corrected chi connectivity index (χ0v) is 16.2. The summed E-state index contributed by atoms with van der Waals surface area (Å²) in [6.45, 7) is 8.34. The Morgan fingerprint density at radius 1 is 1.32 bits per heavy atom. The van der Waals surface area contributed by atoms with Crippen LogP contribution in [0.15, 0.2) is 18.3 Å². The Kier molecular flexibility index (Phi) is 6.22. The maximum atomic E-state index is 13.3. The van der Waals surface area contributed by atoms with E-state index in [1.807, 2.05) is 0 Å². The lowest BCUT2D eigenvalue weighted by Crippen LogP contribution is -2.29. The van der Waals surface area contributed by atoms with Crippen LogP contribution in [0.25, 0.3) is 0 Å². The van der Waals surface area contributed by atoms with Gasteiger partial charge in [-0.25, -0.2) is 4.98 Å². The molecule has 0 fully saturated rings. The zero-order chi connectivity index (χ0) is 21.1. The average Bonchev–Trinajstić information content (AvgIpc) is 2.55. The number of aryl methyl sites for hydroxylation is 1. The predicted molar refractivity (Wildman–Crippen MR) is 96.5 cm³/mol. The lowest BCUT2D eigenvalue weighted by atomic mass is 9.95. The van der Waals surface area contributed by atoms with Crippen molar-refractivity contribution in [3.63, 3.8) is 0 Å². The van der Waals surface area contributed by atoms with Crippen molar-refractivity contribution in [3.8, 4) is 6.01 Å². The summed E-state index contributed by atoms with van der Waals surface area (Å²) in [6.07, 6.45) is 1.12. The number of aromatic nitrogens is 3. The molecule has 0 spiro atoms. The summed E-state index contributed by atoms with van der Waals surface area (Å²) in [7, 11) is 0. The lowest BCUT2D eigenvalue weighted by molar-refractivity contribution is -0.387. The van der Waals surface area contributed by atoms with Gasteiger partial charge in [0.2, 0.25) is 5.95 Å². The van der Waals surface area contributed by atoms with Crippen molar-refractivity contribution in [1.29, 1.82) is 0 Å². The highest BCUT2D eigenvalue weighted by Crippen LogP contribution is 2.35. The van der Waals surface area contributed by atoms with Crippen LogP contribution < -0.4 is 4.74 Å². The van der Waals surface area contributed by atoms with Crippen molar-refractivity contribution in [2.24, 2.45) is 0 Å². The highest BCUT2D eigenvalue weighted by atomic mass is 19.1. The number of hydrogen-bond donors (Lipinski definition) is 0. The normalized spacial score (nSPS) is 12.4. The van der Waals surface area contributed by atoms with E-state index in [-0.39, 0.29) is 29.6 Å². The van der Waals surface area contributed by atoms with E-state index in [1.165, 1.54) is 13.0 Å². The average molecular weight is 392 g/mol. The van der Waals surface area contributed by atoms with Gasteiger partial charge in [-0.2, -0.15) is 14.4 Å². The molecule has 150 valence electrons. The van der Waals surface area contributed by atoms with E-state index in [4.69, 9.17) is 9.47 Å². The first-order valence-electron chi connectivity index (χ1n) is 8.53. The van der Waals surface area contributed by atoms with E-state index < -0.39 is 34.0 Å². The number of carbonyl (C=O) groups is 1. The van der Waals surface area contributed by atoms with Crippen LogP contribution in [0.4, 0.5) is 10.1 Å². The molecule has 0 aliphatic rings. The summed E-state index contributed by atoms with van der Waals surface area (Å²) in [6, 6.07) is 2.25. The van der Waals surface area contributed by atoms with Crippen LogP contribution in [-0.4, -0.2) is 38.1 Å². The van der Waals surface area contributed by atoms with E-state index in [1.54, 1.807) is 27.7 Å². The van der Waals surface area contributed by atoms with E-state index >= 15 is 0 Å². The van der Waals surface area contributed by atoms with Gasteiger partial charge < -0.3 is 9.47 Å². The van der Waals surface area contributed by atoms with Crippen LogP contribution >= 0.6 is 0 Å². The maximum Gasteiger partial charge on any atom is 0.320 e. The van der Waals surface area contributed by atoms with E-state index in [0.29, 0.717) is 0 Å². The van der Waals surface area contributed by atoms with Gasteiger partial charge in [-0.15, -0.1) is 0 Å². The molecule has 0 aromatic carbocycles. The smallest absolute Gasteiger partial charge is 0.320 e. The van der Waals surface area contributed by atoms with Gasteiger partial charge in [0.15, 0.2) is 0 Å². The van der Waals surface area contributed by atoms with Crippen LogP contribution in [0, 0.1) is 23.0 Å². The van der Waals surface area contributed by atoms with Gasteiger partial charge in [0.1, 0.15) is 22.9 Å².